The van der Waals surface area contributed by atoms with Crippen molar-refractivity contribution in [1.82, 2.24) is 4.90 Å². The molecule has 58 valence electrons. The monoisotopic (exact) mass is 139 g/mol. The van der Waals surface area contributed by atoms with Crippen molar-refractivity contribution in [2.75, 3.05) is 19.6 Å². The van der Waals surface area contributed by atoms with Gasteiger partial charge in [0.05, 0.1) is 0 Å². The van der Waals surface area contributed by atoms with Gasteiger partial charge < -0.3 is 4.90 Å². The fourth-order valence-electron chi connectivity index (χ4n) is 1.41. The standard InChI is InChI=1S/C9H17N/c1-3-6-10-7-4-9(2)5-8-10/h2-8H2,1H3. The van der Waals surface area contributed by atoms with Gasteiger partial charge in [0.1, 0.15) is 0 Å². The van der Waals surface area contributed by atoms with Crippen molar-refractivity contribution < 1.29 is 0 Å². The Hall–Kier alpha value is -0.300. The van der Waals surface area contributed by atoms with Gasteiger partial charge in [0.15, 0.2) is 0 Å². The molecule has 1 aliphatic rings. The summed E-state index contributed by atoms with van der Waals surface area (Å²) in [4.78, 5) is 2.52. The summed E-state index contributed by atoms with van der Waals surface area (Å²) in [6.07, 6.45) is 3.73. The van der Waals surface area contributed by atoms with Crippen LogP contribution >= 0.6 is 0 Å². The zero-order valence-electron chi connectivity index (χ0n) is 6.90. The molecule has 1 nitrogen and oxygen atoms in total. The van der Waals surface area contributed by atoms with Gasteiger partial charge in [-0.1, -0.05) is 19.1 Å². The maximum Gasteiger partial charge on any atom is 0.00186 e. The Kier molecular flexibility index (Phi) is 2.94. The van der Waals surface area contributed by atoms with E-state index in [4.69, 9.17) is 0 Å². The van der Waals surface area contributed by atoms with E-state index >= 15 is 0 Å². The lowest BCUT2D eigenvalue weighted by molar-refractivity contribution is 0.257. The highest BCUT2D eigenvalue weighted by molar-refractivity contribution is 4.98. The highest BCUT2D eigenvalue weighted by Gasteiger charge is 2.10. The summed E-state index contributed by atoms with van der Waals surface area (Å²) in [5.74, 6) is 0. The minimum absolute atomic E-state index is 1.22. The largest absolute Gasteiger partial charge is 0.303 e. The molecule has 1 heteroatoms. The van der Waals surface area contributed by atoms with Crippen molar-refractivity contribution in [3.05, 3.63) is 12.2 Å². The molecular weight excluding hydrogens is 122 g/mol. The van der Waals surface area contributed by atoms with Gasteiger partial charge in [0.2, 0.25) is 0 Å². The first kappa shape index (κ1) is 7.80. The second kappa shape index (κ2) is 3.77. The summed E-state index contributed by atoms with van der Waals surface area (Å²) in [6.45, 7) is 9.98. The summed E-state index contributed by atoms with van der Waals surface area (Å²) >= 11 is 0. The van der Waals surface area contributed by atoms with Crippen molar-refractivity contribution >= 4 is 0 Å². The number of hydrogen-bond acceptors (Lipinski definition) is 1. The SMILES string of the molecule is C=C1CCN(CCC)CC1. The molecular formula is C9H17N. The van der Waals surface area contributed by atoms with E-state index in [1.54, 1.807) is 0 Å². The summed E-state index contributed by atoms with van der Waals surface area (Å²) in [5, 5.41) is 0. The number of nitrogens with zero attached hydrogens (tertiary/aromatic N) is 1. The van der Waals surface area contributed by atoms with Crippen LogP contribution in [0.15, 0.2) is 12.2 Å². The molecule has 1 rings (SSSR count). The lowest BCUT2D eigenvalue weighted by atomic mass is 10.1. The molecule has 1 heterocycles. The predicted octanol–water partition coefficient (Wildman–Crippen LogP) is 2.05. The average molecular weight is 139 g/mol. The topological polar surface area (TPSA) is 3.24 Å². The van der Waals surface area contributed by atoms with Crippen LogP contribution in [0.4, 0.5) is 0 Å². The van der Waals surface area contributed by atoms with Gasteiger partial charge in [-0.2, -0.15) is 0 Å². The number of hydrogen-bond donors (Lipinski definition) is 0. The van der Waals surface area contributed by atoms with E-state index < -0.39 is 0 Å². The van der Waals surface area contributed by atoms with Crippen molar-refractivity contribution in [3.63, 3.8) is 0 Å². The van der Waals surface area contributed by atoms with Crippen LogP contribution in [0, 0.1) is 0 Å². The maximum atomic E-state index is 3.98. The fourth-order valence-corrected chi connectivity index (χ4v) is 1.41. The molecule has 0 aliphatic carbocycles. The van der Waals surface area contributed by atoms with Crippen molar-refractivity contribution in [2.24, 2.45) is 0 Å². The molecule has 0 bridgehead atoms. The second-order valence-corrected chi connectivity index (χ2v) is 3.09. The zero-order valence-corrected chi connectivity index (χ0v) is 6.90. The van der Waals surface area contributed by atoms with Crippen molar-refractivity contribution in [2.45, 2.75) is 26.2 Å². The molecule has 0 amide bonds. The van der Waals surface area contributed by atoms with Gasteiger partial charge in [-0.3, -0.25) is 0 Å². The Morgan fingerprint density at radius 3 is 2.50 bits per heavy atom. The fraction of sp³-hybridized carbons (Fsp3) is 0.778. The Bertz CT molecular complexity index is 108. The van der Waals surface area contributed by atoms with Crippen LogP contribution in [-0.4, -0.2) is 24.5 Å². The van der Waals surface area contributed by atoms with Crippen molar-refractivity contribution in [1.29, 1.82) is 0 Å². The maximum absolute atomic E-state index is 3.98. The van der Waals surface area contributed by atoms with Crippen LogP contribution in [0.25, 0.3) is 0 Å². The number of piperidine rings is 1. The molecule has 0 N–H and O–H groups in total. The lowest BCUT2D eigenvalue weighted by Crippen LogP contribution is -2.30. The molecule has 0 aromatic rings. The molecule has 1 aliphatic heterocycles. The highest BCUT2D eigenvalue weighted by Crippen LogP contribution is 2.13. The average Bonchev–Trinajstić information content (AvgIpc) is 1.95. The molecule has 10 heavy (non-hydrogen) atoms. The van der Waals surface area contributed by atoms with Crippen LogP contribution in [0.2, 0.25) is 0 Å². The predicted molar refractivity (Wildman–Crippen MR) is 45.1 cm³/mol. The molecule has 0 aromatic heterocycles. The van der Waals surface area contributed by atoms with Crippen molar-refractivity contribution in [3.8, 4) is 0 Å². The van der Waals surface area contributed by atoms with E-state index in [9.17, 15) is 0 Å². The summed E-state index contributed by atoms with van der Waals surface area (Å²) in [7, 11) is 0. The van der Waals surface area contributed by atoms with E-state index in [1.807, 2.05) is 0 Å². The third-order valence-electron chi connectivity index (χ3n) is 2.10. The molecule has 0 aromatic carbocycles. The van der Waals surface area contributed by atoms with Crippen LogP contribution in [0.5, 0.6) is 0 Å². The first-order chi connectivity index (χ1) is 4.83. The summed E-state index contributed by atoms with van der Waals surface area (Å²) in [6, 6.07) is 0. The molecule has 0 spiro atoms. The highest BCUT2D eigenvalue weighted by atomic mass is 15.1. The quantitative estimate of drug-likeness (QED) is 0.529. The van der Waals surface area contributed by atoms with E-state index in [0.717, 1.165) is 0 Å². The minimum Gasteiger partial charge on any atom is -0.303 e. The molecule has 0 saturated carbocycles. The van der Waals surface area contributed by atoms with Crippen LogP contribution in [-0.2, 0) is 0 Å². The second-order valence-electron chi connectivity index (χ2n) is 3.09. The number of likely N-dealkylation sites (tertiary alicyclic amines) is 1. The van der Waals surface area contributed by atoms with Gasteiger partial charge in [0, 0.05) is 13.1 Å². The van der Waals surface area contributed by atoms with Gasteiger partial charge in [0.25, 0.3) is 0 Å². The smallest absolute Gasteiger partial charge is 0.00186 e. The van der Waals surface area contributed by atoms with Gasteiger partial charge in [-0.15, -0.1) is 0 Å². The summed E-state index contributed by atoms with van der Waals surface area (Å²) in [5.41, 5.74) is 1.44. The van der Waals surface area contributed by atoms with E-state index in [0.29, 0.717) is 0 Å². The van der Waals surface area contributed by atoms with Crippen LogP contribution < -0.4 is 0 Å². The lowest BCUT2D eigenvalue weighted by Gasteiger charge is -2.27. The molecule has 0 radical (unpaired) electrons. The van der Waals surface area contributed by atoms with Gasteiger partial charge in [-0.05, 0) is 25.8 Å². The first-order valence-electron chi connectivity index (χ1n) is 4.22. The molecule has 1 saturated heterocycles. The molecule has 1 fully saturated rings. The molecule has 0 unspecified atom stereocenters. The van der Waals surface area contributed by atoms with Crippen LogP contribution in [0.1, 0.15) is 26.2 Å². The van der Waals surface area contributed by atoms with E-state index in [2.05, 4.69) is 18.4 Å². The zero-order chi connectivity index (χ0) is 7.40. The van der Waals surface area contributed by atoms with E-state index in [-0.39, 0.29) is 0 Å². The normalized spacial score (nSPS) is 21.5. The minimum atomic E-state index is 1.22. The molecule has 0 atom stereocenters. The first-order valence-corrected chi connectivity index (χ1v) is 4.22. The van der Waals surface area contributed by atoms with E-state index in [1.165, 1.54) is 44.5 Å². The number of rotatable bonds is 2. The van der Waals surface area contributed by atoms with Gasteiger partial charge in [-0.25, -0.2) is 0 Å². The Morgan fingerprint density at radius 2 is 2.00 bits per heavy atom. The Labute approximate surface area is 63.7 Å². The van der Waals surface area contributed by atoms with Gasteiger partial charge >= 0.3 is 0 Å². The Balaban J connectivity index is 2.19. The third-order valence-corrected chi connectivity index (χ3v) is 2.10. The third kappa shape index (κ3) is 2.14. The van der Waals surface area contributed by atoms with Crippen LogP contribution in [0.3, 0.4) is 0 Å². The Morgan fingerprint density at radius 1 is 1.40 bits per heavy atom. The summed E-state index contributed by atoms with van der Waals surface area (Å²) < 4.78 is 0.